The highest BCUT2D eigenvalue weighted by Gasteiger charge is 2.13. The van der Waals surface area contributed by atoms with Gasteiger partial charge in [0.05, 0.1) is 33.9 Å². The van der Waals surface area contributed by atoms with Gasteiger partial charge >= 0.3 is 0 Å². The van der Waals surface area contributed by atoms with Crippen molar-refractivity contribution >= 4 is 33.6 Å². The first-order valence-corrected chi connectivity index (χ1v) is 10.3. The van der Waals surface area contributed by atoms with Crippen LogP contribution in [0, 0.1) is 21.4 Å². The molecule has 0 unspecified atom stereocenters. The molecule has 1 heterocycles. The van der Waals surface area contributed by atoms with Gasteiger partial charge in [0, 0.05) is 11.6 Å². The summed E-state index contributed by atoms with van der Waals surface area (Å²) in [5, 5.41) is 24.1. The molecule has 0 amide bonds. The summed E-state index contributed by atoms with van der Waals surface area (Å²) in [7, 11) is 0. The molecular weight excluding hydrogens is 478 g/mol. The van der Waals surface area contributed by atoms with Crippen LogP contribution in [0.1, 0.15) is 23.6 Å². The summed E-state index contributed by atoms with van der Waals surface area (Å²) in [5.41, 5.74) is 4.67. The Bertz CT molecular complexity index is 1180. The second kappa shape index (κ2) is 10.9. The van der Waals surface area contributed by atoms with Crippen molar-refractivity contribution in [2.45, 2.75) is 13.5 Å². The molecule has 0 aliphatic carbocycles. The Labute approximate surface area is 192 Å². The van der Waals surface area contributed by atoms with E-state index in [1.165, 1.54) is 12.1 Å². The summed E-state index contributed by atoms with van der Waals surface area (Å²) in [6, 6.07) is 15.8. The standard InChI is InChI=1S/C22H18BrN5O4/c1-2-31-20-10-15(12-26-27-21-8-7-18(13-25-21)28(29)30)9-19(23)22(20)32-14-17-6-4-3-5-16(17)11-24/h3-10,12-13H,2,14H2,1H3,(H,25,27). The average Bonchev–Trinajstić information content (AvgIpc) is 2.79. The Morgan fingerprint density at radius 3 is 2.78 bits per heavy atom. The van der Waals surface area contributed by atoms with Gasteiger partial charge in [-0.05, 0) is 52.7 Å². The number of hydrogen-bond acceptors (Lipinski definition) is 8. The lowest BCUT2D eigenvalue weighted by atomic mass is 10.1. The zero-order valence-electron chi connectivity index (χ0n) is 17.0. The van der Waals surface area contributed by atoms with Crippen LogP contribution in [-0.4, -0.2) is 22.7 Å². The lowest BCUT2D eigenvalue weighted by molar-refractivity contribution is -0.385. The molecule has 32 heavy (non-hydrogen) atoms. The number of benzene rings is 2. The molecule has 0 spiro atoms. The molecule has 9 nitrogen and oxygen atoms in total. The van der Waals surface area contributed by atoms with Crippen LogP contribution >= 0.6 is 15.9 Å². The highest BCUT2D eigenvalue weighted by atomic mass is 79.9. The van der Waals surface area contributed by atoms with Gasteiger partial charge in [0.1, 0.15) is 18.6 Å². The monoisotopic (exact) mass is 495 g/mol. The predicted molar refractivity (Wildman–Crippen MR) is 123 cm³/mol. The second-order valence-electron chi connectivity index (χ2n) is 6.35. The van der Waals surface area contributed by atoms with Crippen LogP contribution in [0.25, 0.3) is 0 Å². The molecule has 1 aromatic heterocycles. The van der Waals surface area contributed by atoms with Crippen LogP contribution in [0.4, 0.5) is 11.5 Å². The number of nitrogens with zero attached hydrogens (tertiary/aromatic N) is 4. The fraction of sp³-hybridized carbons (Fsp3) is 0.136. The van der Waals surface area contributed by atoms with Crippen LogP contribution in [0.5, 0.6) is 11.5 Å². The molecule has 3 rings (SSSR count). The van der Waals surface area contributed by atoms with Gasteiger partial charge < -0.3 is 9.47 Å². The van der Waals surface area contributed by atoms with Crippen molar-refractivity contribution in [1.82, 2.24) is 4.98 Å². The van der Waals surface area contributed by atoms with E-state index in [4.69, 9.17) is 9.47 Å². The number of hydrazone groups is 1. The van der Waals surface area contributed by atoms with Gasteiger partial charge in [-0.25, -0.2) is 4.98 Å². The third-order valence-electron chi connectivity index (χ3n) is 4.19. The van der Waals surface area contributed by atoms with Crippen LogP contribution < -0.4 is 14.9 Å². The van der Waals surface area contributed by atoms with Gasteiger partial charge in [0.15, 0.2) is 11.5 Å². The zero-order chi connectivity index (χ0) is 22.9. The minimum Gasteiger partial charge on any atom is -0.490 e. The molecular formula is C22H18BrN5O4. The van der Waals surface area contributed by atoms with Crippen molar-refractivity contribution in [3.05, 3.63) is 86.0 Å². The van der Waals surface area contributed by atoms with Gasteiger partial charge in [0.2, 0.25) is 0 Å². The van der Waals surface area contributed by atoms with Gasteiger partial charge in [-0.1, -0.05) is 18.2 Å². The fourth-order valence-corrected chi connectivity index (χ4v) is 3.28. The molecule has 10 heteroatoms. The topological polar surface area (TPSA) is 123 Å². The van der Waals surface area contributed by atoms with Crippen LogP contribution in [0.2, 0.25) is 0 Å². The summed E-state index contributed by atoms with van der Waals surface area (Å²) < 4.78 is 12.3. The van der Waals surface area contributed by atoms with E-state index < -0.39 is 4.92 Å². The maximum atomic E-state index is 10.7. The number of pyridine rings is 1. The molecule has 0 radical (unpaired) electrons. The maximum absolute atomic E-state index is 10.7. The predicted octanol–water partition coefficient (Wildman–Crippen LogP) is 5.05. The van der Waals surface area contributed by atoms with Crippen molar-refractivity contribution < 1.29 is 14.4 Å². The van der Waals surface area contributed by atoms with E-state index in [9.17, 15) is 15.4 Å². The number of rotatable bonds is 9. The molecule has 3 aromatic rings. The van der Waals surface area contributed by atoms with E-state index in [2.05, 4.69) is 37.5 Å². The minimum atomic E-state index is -0.518. The normalized spacial score (nSPS) is 10.5. The highest BCUT2D eigenvalue weighted by Crippen LogP contribution is 2.37. The molecule has 0 fully saturated rings. The maximum Gasteiger partial charge on any atom is 0.287 e. The van der Waals surface area contributed by atoms with Gasteiger partial charge in [-0.3, -0.25) is 15.5 Å². The molecule has 0 aliphatic rings. The lowest BCUT2D eigenvalue weighted by Gasteiger charge is -2.15. The van der Waals surface area contributed by atoms with E-state index in [-0.39, 0.29) is 12.3 Å². The zero-order valence-corrected chi connectivity index (χ0v) is 18.6. The van der Waals surface area contributed by atoms with Gasteiger partial charge in [0.25, 0.3) is 5.69 Å². The Kier molecular flexibility index (Phi) is 7.72. The molecule has 0 saturated carbocycles. The quantitative estimate of drug-likeness (QED) is 0.250. The van der Waals surface area contributed by atoms with Gasteiger partial charge in [-0.15, -0.1) is 0 Å². The number of nitro groups is 1. The molecule has 0 saturated heterocycles. The van der Waals surface area contributed by atoms with Crippen molar-refractivity contribution in [3.8, 4) is 17.6 Å². The van der Waals surface area contributed by atoms with Crippen molar-refractivity contribution in [2.75, 3.05) is 12.0 Å². The Balaban J connectivity index is 1.75. The van der Waals surface area contributed by atoms with Gasteiger partial charge in [-0.2, -0.15) is 10.4 Å². The van der Waals surface area contributed by atoms with E-state index in [0.717, 1.165) is 17.3 Å². The first-order chi connectivity index (χ1) is 15.5. The van der Waals surface area contributed by atoms with Crippen LogP contribution in [0.15, 0.2) is 64.3 Å². The number of halogens is 1. The number of hydrogen-bond donors (Lipinski definition) is 1. The third kappa shape index (κ3) is 5.80. The summed E-state index contributed by atoms with van der Waals surface area (Å²) in [5.74, 6) is 1.40. The first-order valence-electron chi connectivity index (χ1n) is 9.48. The van der Waals surface area contributed by atoms with E-state index in [1.807, 2.05) is 25.1 Å². The smallest absolute Gasteiger partial charge is 0.287 e. The number of nitriles is 1. The number of aromatic nitrogens is 1. The SMILES string of the molecule is CCOc1cc(C=NNc2ccc([N+](=O)[O-])cn2)cc(Br)c1OCc1ccccc1C#N. The summed E-state index contributed by atoms with van der Waals surface area (Å²) in [6.07, 6.45) is 2.71. The van der Waals surface area contributed by atoms with E-state index >= 15 is 0 Å². The summed E-state index contributed by atoms with van der Waals surface area (Å²) in [6.45, 7) is 2.51. The van der Waals surface area contributed by atoms with Crippen LogP contribution in [0.3, 0.4) is 0 Å². The molecule has 162 valence electrons. The Hall–Kier alpha value is -3.97. The summed E-state index contributed by atoms with van der Waals surface area (Å²) in [4.78, 5) is 14.1. The second-order valence-corrected chi connectivity index (χ2v) is 7.20. The first kappa shape index (κ1) is 22.7. The summed E-state index contributed by atoms with van der Waals surface area (Å²) >= 11 is 3.51. The molecule has 1 N–H and O–H groups in total. The molecule has 0 aliphatic heterocycles. The lowest BCUT2D eigenvalue weighted by Crippen LogP contribution is -2.03. The van der Waals surface area contributed by atoms with Crippen molar-refractivity contribution in [3.63, 3.8) is 0 Å². The van der Waals surface area contributed by atoms with Crippen LogP contribution in [-0.2, 0) is 6.61 Å². The number of anilines is 1. The van der Waals surface area contributed by atoms with Crippen molar-refractivity contribution in [1.29, 1.82) is 5.26 Å². The molecule has 0 atom stereocenters. The Morgan fingerprint density at radius 1 is 1.28 bits per heavy atom. The largest absolute Gasteiger partial charge is 0.490 e. The highest BCUT2D eigenvalue weighted by molar-refractivity contribution is 9.10. The van der Waals surface area contributed by atoms with Crippen molar-refractivity contribution in [2.24, 2.45) is 5.10 Å². The number of ether oxygens (including phenoxy) is 2. The van der Waals surface area contributed by atoms with E-state index in [0.29, 0.717) is 34.0 Å². The molecule has 0 bridgehead atoms. The molecule has 2 aromatic carbocycles. The average molecular weight is 496 g/mol. The Morgan fingerprint density at radius 2 is 2.09 bits per heavy atom. The number of nitrogens with one attached hydrogen (secondary N) is 1. The fourth-order valence-electron chi connectivity index (χ4n) is 2.70. The van der Waals surface area contributed by atoms with E-state index in [1.54, 1.807) is 24.4 Å². The minimum absolute atomic E-state index is 0.0993. The third-order valence-corrected chi connectivity index (χ3v) is 4.78.